The van der Waals surface area contributed by atoms with Crippen molar-refractivity contribution in [2.75, 3.05) is 13.7 Å². The van der Waals surface area contributed by atoms with Gasteiger partial charge in [-0.3, -0.25) is 5.10 Å². The molecule has 2 rings (SSSR count). The van der Waals surface area contributed by atoms with Crippen LogP contribution in [0.1, 0.15) is 18.8 Å². The van der Waals surface area contributed by atoms with Gasteiger partial charge in [0.2, 0.25) is 0 Å². The normalized spacial score (nSPS) is 12.8. The Morgan fingerprint density at radius 2 is 2.41 bits per heavy atom. The molecule has 0 aliphatic rings. The van der Waals surface area contributed by atoms with Crippen LogP contribution in [0.5, 0.6) is 0 Å². The van der Waals surface area contributed by atoms with E-state index in [0.717, 1.165) is 5.82 Å². The highest BCUT2D eigenvalue weighted by Crippen LogP contribution is 2.13. The number of hydrogen-bond donors (Lipinski definition) is 1. The van der Waals surface area contributed by atoms with Crippen LogP contribution in [0.3, 0.4) is 0 Å². The molecular formula is C9H14N6OS. The fourth-order valence-corrected chi connectivity index (χ4v) is 1.81. The molecule has 17 heavy (non-hydrogen) atoms. The second-order valence-corrected chi connectivity index (χ2v) is 3.97. The molecule has 2 heterocycles. The summed E-state index contributed by atoms with van der Waals surface area (Å²) in [7, 11) is 1.66. The van der Waals surface area contributed by atoms with E-state index in [1.165, 1.54) is 6.33 Å². The highest BCUT2D eigenvalue weighted by Gasteiger charge is 2.16. The molecule has 8 heteroatoms. The number of rotatable bonds is 5. The predicted octanol–water partition coefficient (Wildman–Crippen LogP) is 0.788. The van der Waals surface area contributed by atoms with E-state index >= 15 is 0 Å². The molecular weight excluding hydrogens is 240 g/mol. The summed E-state index contributed by atoms with van der Waals surface area (Å²) in [5.74, 6) is 0.817. The summed E-state index contributed by atoms with van der Waals surface area (Å²) in [5, 5.41) is 11.1. The van der Waals surface area contributed by atoms with Crippen molar-refractivity contribution in [2.24, 2.45) is 0 Å². The van der Waals surface area contributed by atoms with Crippen LogP contribution in [-0.4, -0.2) is 43.2 Å². The second-order valence-electron chi connectivity index (χ2n) is 3.58. The molecule has 2 aromatic rings. The zero-order valence-electron chi connectivity index (χ0n) is 9.70. The van der Waals surface area contributed by atoms with E-state index in [1.807, 2.05) is 11.5 Å². The third-order valence-electron chi connectivity index (χ3n) is 2.51. The van der Waals surface area contributed by atoms with Crippen molar-refractivity contribution < 1.29 is 4.74 Å². The maximum absolute atomic E-state index is 5.18. The van der Waals surface area contributed by atoms with E-state index in [4.69, 9.17) is 17.0 Å². The van der Waals surface area contributed by atoms with Crippen molar-refractivity contribution in [1.82, 2.24) is 29.5 Å². The highest BCUT2D eigenvalue weighted by atomic mass is 32.1. The number of aromatic amines is 1. The molecule has 1 N–H and O–H groups in total. The fourth-order valence-electron chi connectivity index (χ4n) is 1.58. The average molecular weight is 254 g/mol. The Morgan fingerprint density at radius 1 is 1.59 bits per heavy atom. The molecule has 0 aromatic carbocycles. The van der Waals surface area contributed by atoms with Gasteiger partial charge in [0, 0.05) is 7.11 Å². The minimum atomic E-state index is -0.0256. The molecule has 0 saturated heterocycles. The number of hydrogen-bond acceptors (Lipinski definition) is 5. The van der Waals surface area contributed by atoms with E-state index in [2.05, 4.69) is 20.3 Å². The van der Waals surface area contributed by atoms with Gasteiger partial charge in [-0.1, -0.05) is 0 Å². The molecule has 0 aliphatic heterocycles. The minimum Gasteiger partial charge on any atom is -0.383 e. The first-order valence-corrected chi connectivity index (χ1v) is 5.63. The molecule has 0 saturated carbocycles. The van der Waals surface area contributed by atoms with E-state index in [1.54, 1.807) is 18.1 Å². The van der Waals surface area contributed by atoms with Crippen LogP contribution in [0.4, 0.5) is 0 Å². The lowest BCUT2D eigenvalue weighted by molar-refractivity contribution is 0.185. The number of aromatic nitrogens is 6. The van der Waals surface area contributed by atoms with E-state index < -0.39 is 0 Å². The molecule has 0 spiro atoms. The zero-order valence-corrected chi connectivity index (χ0v) is 10.5. The zero-order chi connectivity index (χ0) is 12.3. The number of nitrogens with zero attached hydrogens (tertiary/aromatic N) is 5. The van der Waals surface area contributed by atoms with Gasteiger partial charge in [-0.15, -0.1) is 0 Å². The van der Waals surface area contributed by atoms with Crippen LogP contribution in [0.2, 0.25) is 0 Å². The van der Waals surface area contributed by atoms with Gasteiger partial charge in [0.1, 0.15) is 18.7 Å². The maximum atomic E-state index is 5.18. The van der Waals surface area contributed by atoms with Gasteiger partial charge < -0.3 is 9.30 Å². The second kappa shape index (κ2) is 5.19. The SMILES string of the molecule is COCCn1c(C(C)n2cncn2)n[nH]c1=S. The van der Waals surface area contributed by atoms with E-state index in [-0.39, 0.29) is 6.04 Å². The Kier molecular flexibility index (Phi) is 3.64. The Balaban J connectivity index is 2.29. The molecule has 92 valence electrons. The van der Waals surface area contributed by atoms with Crippen molar-refractivity contribution in [3.63, 3.8) is 0 Å². The van der Waals surface area contributed by atoms with Crippen LogP contribution in [0, 0.1) is 4.77 Å². The lowest BCUT2D eigenvalue weighted by atomic mass is 10.3. The van der Waals surface area contributed by atoms with Crippen molar-refractivity contribution >= 4 is 12.2 Å². The first-order chi connectivity index (χ1) is 8.24. The van der Waals surface area contributed by atoms with Gasteiger partial charge in [-0.25, -0.2) is 9.67 Å². The van der Waals surface area contributed by atoms with Crippen LogP contribution < -0.4 is 0 Å². The van der Waals surface area contributed by atoms with E-state index in [9.17, 15) is 0 Å². The number of H-pyrrole nitrogens is 1. The average Bonchev–Trinajstić information content (AvgIpc) is 2.95. The summed E-state index contributed by atoms with van der Waals surface area (Å²) >= 11 is 5.18. The van der Waals surface area contributed by atoms with Crippen molar-refractivity contribution in [1.29, 1.82) is 0 Å². The summed E-state index contributed by atoms with van der Waals surface area (Å²) in [6.45, 7) is 3.24. The molecule has 7 nitrogen and oxygen atoms in total. The van der Waals surface area contributed by atoms with Crippen LogP contribution in [0.15, 0.2) is 12.7 Å². The molecule has 0 fully saturated rings. The molecule has 0 aliphatic carbocycles. The Hall–Kier alpha value is -1.54. The topological polar surface area (TPSA) is 73.6 Å². The van der Waals surface area contributed by atoms with E-state index in [0.29, 0.717) is 17.9 Å². The molecule has 0 radical (unpaired) electrons. The van der Waals surface area contributed by atoms with Crippen molar-refractivity contribution in [2.45, 2.75) is 19.5 Å². The van der Waals surface area contributed by atoms with Gasteiger partial charge in [-0.2, -0.15) is 10.2 Å². The van der Waals surface area contributed by atoms with Gasteiger partial charge in [0.05, 0.1) is 13.2 Å². The van der Waals surface area contributed by atoms with Crippen LogP contribution >= 0.6 is 12.2 Å². The number of nitrogens with one attached hydrogen (secondary N) is 1. The third kappa shape index (κ3) is 2.42. The maximum Gasteiger partial charge on any atom is 0.195 e. The van der Waals surface area contributed by atoms with Crippen LogP contribution in [-0.2, 0) is 11.3 Å². The van der Waals surface area contributed by atoms with Crippen molar-refractivity contribution in [3.8, 4) is 0 Å². The number of methoxy groups -OCH3 is 1. The lowest BCUT2D eigenvalue weighted by Crippen LogP contribution is -2.16. The lowest BCUT2D eigenvalue weighted by Gasteiger charge is -2.12. The van der Waals surface area contributed by atoms with Gasteiger partial charge in [-0.05, 0) is 19.1 Å². The van der Waals surface area contributed by atoms with Gasteiger partial charge >= 0.3 is 0 Å². The Bertz CT molecular complexity index is 516. The summed E-state index contributed by atoms with van der Waals surface area (Å²) in [6.07, 6.45) is 3.15. The predicted molar refractivity (Wildman–Crippen MR) is 63.1 cm³/mol. The first kappa shape index (κ1) is 11.9. The monoisotopic (exact) mass is 254 g/mol. The summed E-state index contributed by atoms with van der Waals surface area (Å²) in [6, 6.07) is -0.0256. The summed E-state index contributed by atoms with van der Waals surface area (Å²) in [4.78, 5) is 3.92. The smallest absolute Gasteiger partial charge is 0.195 e. The summed E-state index contributed by atoms with van der Waals surface area (Å²) in [5.41, 5.74) is 0. The number of ether oxygens (including phenoxy) is 1. The Morgan fingerprint density at radius 3 is 3.06 bits per heavy atom. The van der Waals surface area contributed by atoms with Gasteiger partial charge in [0.15, 0.2) is 10.6 Å². The first-order valence-electron chi connectivity index (χ1n) is 5.22. The summed E-state index contributed by atoms with van der Waals surface area (Å²) < 4.78 is 9.28. The van der Waals surface area contributed by atoms with Crippen molar-refractivity contribution in [3.05, 3.63) is 23.3 Å². The van der Waals surface area contributed by atoms with Crippen LogP contribution in [0.25, 0.3) is 0 Å². The minimum absolute atomic E-state index is 0.0256. The van der Waals surface area contributed by atoms with Gasteiger partial charge in [0.25, 0.3) is 0 Å². The quantitative estimate of drug-likeness (QED) is 0.798. The fraction of sp³-hybridized carbons (Fsp3) is 0.556. The molecule has 1 unspecified atom stereocenters. The molecule has 0 bridgehead atoms. The third-order valence-corrected chi connectivity index (χ3v) is 2.83. The molecule has 0 amide bonds. The molecule has 1 atom stereocenters. The largest absolute Gasteiger partial charge is 0.383 e. The molecule has 2 aromatic heterocycles. The highest BCUT2D eigenvalue weighted by molar-refractivity contribution is 7.71. The standard InChI is InChI=1S/C9H14N6OS/c1-7(15-6-10-5-11-15)8-12-13-9(17)14(8)3-4-16-2/h5-7H,3-4H2,1-2H3,(H,13,17). The Labute approximate surface area is 103 Å².